The molecule has 2 aromatic heterocycles. The number of hydrogen-bond acceptors (Lipinski definition) is 5. The second-order valence-electron chi connectivity index (χ2n) is 7.82. The van der Waals surface area contributed by atoms with Gasteiger partial charge in [0.2, 0.25) is 0 Å². The van der Waals surface area contributed by atoms with Crippen molar-refractivity contribution in [2.75, 3.05) is 0 Å². The van der Waals surface area contributed by atoms with E-state index in [-0.39, 0.29) is 15.9 Å². The molecule has 0 fully saturated rings. The van der Waals surface area contributed by atoms with Gasteiger partial charge >= 0.3 is 5.63 Å². The van der Waals surface area contributed by atoms with E-state index in [1.807, 2.05) is 13.8 Å². The number of fused-ring (bicyclic) bond motifs is 4. The molecule has 3 heterocycles. The Morgan fingerprint density at radius 3 is 2.65 bits per heavy atom. The van der Waals surface area contributed by atoms with Gasteiger partial charge in [-0.1, -0.05) is 43.3 Å². The SMILES string of the molecule is CC1(C)c2cc(F)ccc2-n2c1cc1oc(=O)c(Sc3cccc(Cl)c3)c(O)c1c2=O. The molecule has 0 amide bonds. The zero-order valence-corrected chi connectivity index (χ0v) is 18.0. The number of aromatic hydroxyl groups is 1. The first kappa shape index (κ1) is 19.9. The molecule has 4 aromatic rings. The highest BCUT2D eigenvalue weighted by Gasteiger charge is 2.38. The molecule has 1 aliphatic heterocycles. The topological polar surface area (TPSA) is 72.4 Å². The number of rotatable bonds is 2. The Balaban J connectivity index is 1.80. The van der Waals surface area contributed by atoms with Crippen molar-refractivity contribution in [2.24, 2.45) is 0 Å². The molecule has 5 nitrogen and oxygen atoms in total. The Bertz CT molecular complexity index is 1520. The zero-order chi connectivity index (χ0) is 22.1. The third-order valence-electron chi connectivity index (χ3n) is 5.54. The molecule has 0 saturated heterocycles. The third kappa shape index (κ3) is 2.91. The predicted molar refractivity (Wildman–Crippen MR) is 117 cm³/mol. The van der Waals surface area contributed by atoms with Crippen LogP contribution in [0.1, 0.15) is 25.1 Å². The summed E-state index contributed by atoms with van der Waals surface area (Å²) in [4.78, 5) is 26.6. The predicted octanol–water partition coefficient (Wildman–Crippen LogP) is 5.23. The molecular formula is C23H15ClFNO4S. The molecule has 0 aliphatic carbocycles. The van der Waals surface area contributed by atoms with Gasteiger partial charge in [0.15, 0.2) is 5.75 Å². The summed E-state index contributed by atoms with van der Waals surface area (Å²) < 4.78 is 20.8. The van der Waals surface area contributed by atoms with E-state index in [1.54, 1.807) is 30.3 Å². The van der Waals surface area contributed by atoms with E-state index in [2.05, 4.69) is 0 Å². The maximum absolute atomic E-state index is 13.9. The molecule has 0 spiro atoms. The molecule has 8 heteroatoms. The highest BCUT2D eigenvalue weighted by atomic mass is 35.5. The summed E-state index contributed by atoms with van der Waals surface area (Å²) in [5.41, 5.74) is -0.316. The number of aromatic nitrogens is 1. The Morgan fingerprint density at radius 2 is 1.90 bits per heavy atom. The lowest BCUT2D eigenvalue weighted by Gasteiger charge is -2.20. The first-order chi connectivity index (χ1) is 14.7. The van der Waals surface area contributed by atoms with Gasteiger partial charge in [0, 0.05) is 27.1 Å². The van der Waals surface area contributed by atoms with Crippen LogP contribution in [0, 0.1) is 5.82 Å². The van der Waals surface area contributed by atoms with Crippen molar-refractivity contribution in [3.63, 3.8) is 0 Å². The first-order valence-electron chi connectivity index (χ1n) is 9.38. The van der Waals surface area contributed by atoms with E-state index < -0.39 is 28.2 Å². The zero-order valence-electron chi connectivity index (χ0n) is 16.4. The number of halogens is 2. The van der Waals surface area contributed by atoms with E-state index in [1.165, 1.54) is 22.8 Å². The lowest BCUT2D eigenvalue weighted by atomic mass is 9.83. The van der Waals surface area contributed by atoms with Crippen LogP contribution >= 0.6 is 23.4 Å². The summed E-state index contributed by atoms with van der Waals surface area (Å²) in [6.07, 6.45) is 0. The number of benzene rings is 2. The van der Waals surface area contributed by atoms with E-state index in [0.717, 1.165) is 11.8 Å². The molecule has 1 aliphatic rings. The van der Waals surface area contributed by atoms with Crippen LogP contribution < -0.4 is 11.2 Å². The molecule has 2 aromatic carbocycles. The van der Waals surface area contributed by atoms with E-state index in [9.17, 15) is 19.1 Å². The van der Waals surface area contributed by atoms with Crippen molar-refractivity contribution in [3.8, 4) is 11.4 Å². The fourth-order valence-corrected chi connectivity index (χ4v) is 5.17. The quantitative estimate of drug-likeness (QED) is 0.448. The highest BCUT2D eigenvalue weighted by Crippen LogP contribution is 2.44. The molecular weight excluding hydrogens is 441 g/mol. The Morgan fingerprint density at radius 1 is 1.13 bits per heavy atom. The van der Waals surface area contributed by atoms with Crippen LogP contribution in [0.15, 0.2) is 72.3 Å². The van der Waals surface area contributed by atoms with Crippen LogP contribution in [0.25, 0.3) is 16.7 Å². The fourth-order valence-electron chi connectivity index (χ4n) is 4.02. The van der Waals surface area contributed by atoms with Crippen LogP contribution in [0.2, 0.25) is 5.02 Å². The monoisotopic (exact) mass is 455 g/mol. The van der Waals surface area contributed by atoms with Crippen molar-refractivity contribution in [1.82, 2.24) is 4.57 Å². The van der Waals surface area contributed by atoms with Crippen molar-refractivity contribution >= 4 is 34.3 Å². The molecule has 0 saturated carbocycles. The molecule has 0 radical (unpaired) electrons. The Labute approximate surface area is 184 Å². The largest absolute Gasteiger partial charge is 0.505 e. The van der Waals surface area contributed by atoms with Gasteiger partial charge in [-0.25, -0.2) is 9.18 Å². The first-order valence-corrected chi connectivity index (χ1v) is 10.6. The van der Waals surface area contributed by atoms with Gasteiger partial charge in [-0.2, -0.15) is 0 Å². The number of nitrogens with zero attached hydrogens (tertiary/aromatic N) is 1. The van der Waals surface area contributed by atoms with E-state index in [4.69, 9.17) is 16.0 Å². The van der Waals surface area contributed by atoms with Gasteiger partial charge in [-0.3, -0.25) is 9.36 Å². The van der Waals surface area contributed by atoms with Crippen LogP contribution in [-0.2, 0) is 5.41 Å². The normalized spacial score (nSPS) is 13.9. The van der Waals surface area contributed by atoms with Crippen LogP contribution in [0.5, 0.6) is 5.75 Å². The van der Waals surface area contributed by atoms with Gasteiger partial charge < -0.3 is 9.52 Å². The highest BCUT2D eigenvalue weighted by molar-refractivity contribution is 7.99. The Kier molecular flexibility index (Phi) is 4.32. The summed E-state index contributed by atoms with van der Waals surface area (Å²) in [6, 6.07) is 12.5. The summed E-state index contributed by atoms with van der Waals surface area (Å²) in [7, 11) is 0. The summed E-state index contributed by atoms with van der Waals surface area (Å²) in [5, 5.41) is 11.3. The van der Waals surface area contributed by atoms with Crippen LogP contribution in [0.3, 0.4) is 0 Å². The van der Waals surface area contributed by atoms with Gasteiger partial charge in [-0.15, -0.1) is 0 Å². The van der Waals surface area contributed by atoms with Gasteiger partial charge in [0.25, 0.3) is 5.56 Å². The average Bonchev–Trinajstić information content (AvgIpc) is 2.92. The molecule has 1 N–H and O–H groups in total. The molecule has 0 unspecified atom stereocenters. The van der Waals surface area contributed by atoms with Crippen LogP contribution in [-0.4, -0.2) is 9.67 Å². The maximum atomic E-state index is 13.9. The lowest BCUT2D eigenvalue weighted by molar-refractivity contribution is 0.445. The molecule has 31 heavy (non-hydrogen) atoms. The smallest absolute Gasteiger partial charge is 0.354 e. The van der Waals surface area contributed by atoms with Gasteiger partial charge in [-0.05, 0) is 42.0 Å². The molecule has 0 bridgehead atoms. The van der Waals surface area contributed by atoms with Gasteiger partial charge in [0.05, 0.1) is 5.69 Å². The lowest BCUT2D eigenvalue weighted by Crippen LogP contribution is -2.24. The number of hydrogen-bond donors (Lipinski definition) is 1. The molecule has 156 valence electrons. The second kappa shape index (κ2) is 6.73. The van der Waals surface area contributed by atoms with Crippen molar-refractivity contribution in [2.45, 2.75) is 29.1 Å². The molecule has 5 rings (SSSR count). The van der Waals surface area contributed by atoms with Crippen LogP contribution in [0.4, 0.5) is 4.39 Å². The summed E-state index contributed by atoms with van der Waals surface area (Å²) in [5.74, 6) is -0.864. The minimum Gasteiger partial charge on any atom is -0.505 e. The standard InChI is InChI=1S/C23H15ClFNO4S/c1-23(2)14-9-12(25)6-7-15(14)26-17(23)10-16-18(21(26)28)19(27)20(22(29)30-16)31-13-5-3-4-11(24)8-13/h3-10,27H,1-2H3. The summed E-state index contributed by atoms with van der Waals surface area (Å²) >= 11 is 6.96. The maximum Gasteiger partial charge on any atom is 0.354 e. The third-order valence-corrected chi connectivity index (χ3v) is 6.83. The van der Waals surface area contributed by atoms with Gasteiger partial charge in [0.1, 0.15) is 21.7 Å². The minimum atomic E-state index is -0.765. The second-order valence-corrected chi connectivity index (χ2v) is 9.34. The number of pyridine rings is 1. The Hall–Kier alpha value is -3.03. The molecule has 0 atom stereocenters. The van der Waals surface area contributed by atoms with E-state index >= 15 is 0 Å². The van der Waals surface area contributed by atoms with E-state index in [0.29, 0.717) is 26.9 Å². The average molecular weight is 456 g/mol. The minimum absolute atomic E-state index is 0.0180. The van der Waals surface area contributed by atoms with Crippen molar-refractivity contribution in [3.05, 3.63) is 91.4 Å². The fraction of sp³-hybridized carbons (Fsp3) is 0.130. The van der Waals surface area contributed by atoms with Crippen molar-refractivity contribution in [1.29, 1.82) is 0 Å². The van der Waals surface area contributed by atoms with Crippen molar-refractivity contribution < 1.29 is 13.9 Å². The summed E-state index contributed by atoms with van der Waals surface area (Å²) in [6.45, 7) is 3.72.